The van der Waals surface area contributed by atoms with Crippen LogP contribution in [0.15, 0.2) is 60.7 Å². The van der Waals surface area contributed by atoms with Gasteiger partial charge in [0.05, 0.1) is 0 Å². The van der Waals surface area contributed by atoms with Gasteiger partial charge in [0, 0.05) is 33.6 Å². The molecular formula is C12H12Co2O2-8. The zero-order valence-corrected chi connectivity index (χ0v) is 10.5. The molecule has 0 heterocycles. The maximum absolute atomic E-state index is 7.75. The van der Waals surface area contributed by atoms with Crippen molar-refractivity contribution in [2.45, 2.75) is 0 Å². The van der Waals surface area contributed by atoms with E-state index in [-0.39, 0.29) is 33.6 Å². The summed E-state index contributed by atoms with van der Waals surface area (Å²) in [6, 6.07) is 20.0. The number of hydrogen-bond donors (Lipinski definition) is 0. The molecular weight excluding hydrogens is 294 g/mol. The van der Waals surface area contributed by atoms with Crippen LogP contribution in [0.3, 0.4) is 0 Å². The third kappa shape index (κ3) is 23.1. The van der Waals surface area contributed by atoms with E-state index in [0.29, 0.717) is 0 Å². The third-order valence-electron chi connectivity index (χ3n) is 1.11. The van der Waals surface area contributed by atoms with Crippen LogP contribution in [-0.2, 0) is 43.1 Å². The van der Waals surface area contributed by atoms with E-state index in [0.717, 1.165) is 0 Å². The first-order valence-electron chi connectivity index (χ1n) is 3.80. The van der Waals surface area contributed by atoms with E-state index >= 15 is 0 Å². The van der Waals surface area contributed by atoms with Gasteiger partial charge >= 0.3 is 0 Å². The molecule has 0 aliphatic rings. The first-order chi connectivity index (χ1) is 7.00. The molecule has 2 rings (SSSR count). The summed E-state index contributed by atoms with van der Waals surface area (Å²) < 4.78 is 0. The molecule has 0 atom stereocenters. The molecule has 0 N–H and O–H groups in total. The predicted molar refractivity (Wildman–Crippen MR) is 57.6 cm³/mol. The molecule has 0 spiro atoms. The Labute approximate surface area is 117 Å². The minimum atomic E-state index is 0. The summed E-state index contributed by atoms with van der Waals surface area (Å²) >= 11 is 0. The van der Waals surface area contributed by atoms with Crippen LogP contribution in [0.2, 0.25) is 0 Å². The summed E-state index contributed by atoms with van der Waals surface area (Å²) in [5.74, 6) is 0. The van der Waals surface area contributed by atoms with Crippen molar-refractivity contribution in [1.29, 1.82) is 0 Å². The molecule has 0 saturated heterocycles. The van der Waals surface area contributed by atoms with Crippen molar-refractivity contribution in [2.24, 2.45) is 0 Å². The van der Waals surface area contributed by atoms with E-state index < -0.39 is 0 Å². The second-order valence-electron chi connectivity index (χ2n) is 1.92. The fourth-order valence-corrected chi connectivity index (χ4v) is 0.642. The van der Waals surface area contributed by atoms with Crippen LogP contribution in [0.5, 0.6) is 0 Å². The van der Waals surface area contributed by atoms with Gasteiger partial charge in [0.25, 0.3) is 0 Å². The van der Waals surface area contributed by atoms with Crippen LogP contribution >= 0.6 is 0 Å². The molecule has 0 unspecified atom stereocenters. The van der Waals surface area contributed by atoms with Crippen LogP contribution in [-0.4, -0.2) is 13.6 Å². The van der Waals surface area contributed by atoms with Crippen molar-refractivity contribution in [3.63, 3.8) is 0 Å². The molecule has 0 saturated carbocycles. The molecule has 2 aromatic rings. The summed E-state index contributed by atoms with van der Waals surface area (Å²) in [5.41, 5.74) is 0. The van der Waals surface area contributed by atoms with E-state index in [9.17, 15) is 0 Å². The maximum Gasteiger partial charge on any atom is 0 e. The van der Waals surface area contributed by atoms with Gasteiger partial charge in [-0.15, -0.1) is 0 Å². The molecule has 2 nitrogen and oxygen atoms in total. The molecule has 4 heteroatoms. The Morgan fingerprint density at radius 1 is 0.625 bits per heavy atom. The zero-order chi connectivity index (χ0) is 11.1. The Hall–Kier alpha value is -0.947. The molecule has 98 valence electrons. The first kappa shape index (κ1) is 24.3. The topological polar surface area (TPSA) is 34.1 Å². The predicted octanol–water partition coefficient (Wildman–Crippen LogP) is 2.26. The van der Waals surface area contributed by atoms with Gasteiger partial charge in [-0.3, -0.25) is 13.6 Å². The van der Waals surface area contributed by atoms with Crippen molar-refractivity contribution in [1.82, 2.24) is 0 Å². The Morgan fingerprint density at radius 3 is 1.00 bits per heavy atom. The number of carbonyl (C=O) groups excluding carboxylic acids is 2. The molecule has 2 aromatic carbocycles. The quantitative estimate of drug-likeness (QED) is 0.553. The van der Waals surface area contributed by atoms with Gasteiger partial charge in [-0.05, 0) is 0 Å². The van der Waals surface area contributed by atoms with Crippen molar-refractivity contribution >= 4 is 13.6 Å². The third-order valence-corrected chi connectivity index (χ3v) is 1.11. The normalized spacial score (nSPS) is 5.50. The van der Waals surface area contributed by atoms with Gasteiger partial charge in [0.15, 0.2) is 0 Å². The number of hydrogen-bond acceptors (Lipinski definition) is 2. The second-order valence-corrected chi connectivity index (χ2v) is 1.92. The van der Waals surface area contributed by atoms with Crippen LogP contribution < -0.4 is 0 Å². The Balaban J connectivity index is -0.0000000631. The fourth-order valence-electron chi connectivity index (χ4n) is 0.642. The van der Waals surface area contributed by atoms with Crippen LogP contribution in [0.4, 0.5) is 0 Å². The minimum Gasteiger partial charge on any atom is -0.748 e. The molecule has 2 radical (unpaired) electrons. The van der Waals surface area contributed by atoms with Gasteiger partial charge < -0.3 is 39.9 Å². The van der Waals surface area contributed by atoms with Gasteiger partial charge in [-0.1, -0.05) is 0 Å². The van der Waals surface area contributed by atoms with Crippen LogP contribution in [0, 0.1) is 0 Å². The van der Waals surface area contributed by atoms with Gasteiger partial charge in [-0.25, -0.2) is 12.1 Å². The molecule has 0 fully saturated rings. The average molecular weight is 306 g/mol. The molecule has 16 heavy (non-hydrogen) atoms. The second kappa shape index (κ2) is 29.2. The standard InChI is InChI=1S/2C5H5.2CHO.2Co/c2*1-2-4-5-3-1;2*1-2;;/h2*1-5H;2*1H;;/q-5;3*-1;;. The summed E-state index contributed by atoms with van der Waals surface area (Å²) in [6.45, 7) is 6.50. The van der Waals surface area contributed by atoms with Gasteiger partial charge in [0.1, 0.15) is 0 Å². The Bertz CT molecular complexity index is 179. The van der Waals surface area contributed by atoms with E-state index in [1.807, 2.05) is 60.7 Å². The Kier molecular flexibility index (Phi) is 44.4. The largest absolute Gasteiger partial charge is 0.748 e. The summed E-state index contributed by atoms with van der Waals surface area (Å²) in [5, 5.41) is 0. The van der Waals surface area contributed by atoms with Crippen molar-refractivity contribution in [3.8, 4) is 0 Å². The van der Waals surface area contributed by atoms with Gasteiger partial charge in [0.2, 0.25) is 0 Å². The average Bonchev–Trinajstić information content (AvgIpc) is 3.01. The zero-order valence-electron chi connectivity index (χ0n) is 8.41. The Morgan fingerprint density at radius 2 is 0.875 bits per heavy atom. The van der Waals surface area contributed by atoms with Crippen LogP contribution in [0.1, 0.15) is 0 Å². The summed E-state index contributed by atoms with van der Waals surface area (Å²) in [6.07, 6.45) is 0. The van der Waals surface area contributed by atoms with E-state index in [1.165, 1.54) is 0 Å². The summed E-state index contributed by atoms with van der Waals surface area (Å²) in [4.78, 5) is 15.5. The molecule has 0 aliphatic carbocycles. The molecule has 0 aromatic heterocycles. The van der Waals surface area contributed by atoms with Crippen molar-refractivity contribution in [3.05, 3.63) is 60.7 Å². The van der Waals surface area contributed by atoms with Crippen LogP contribution in [0.25, 0.3) is 0 Å². The first-order valence-corrected chi connectivity index (χ1v) is 3.80. The summed E-state index contributed by atoms with van der Waals surface area (Å²) in [7, 11) is 0. The fraction of sp³-hybridized carbons (Fsp3) is 0. The van der Waals surface area contributed by atoms with Crippen molar-refractivity contribution < 1.29 is 43.1 Å². The SMILES string of the molecule is [CH-]=O.[CH-]=O.[Co].[Co].[cH-]1[cH-][cH-][cH-][cH-]1.c1cc[cH-]c1. The van der Waals surface area contributed by atoms with E-state index in [1.54, 1.807) is 0 Å². The maximum atomic E-state index is 7.75. The molecule has 0 amide bonds. The number of rotatable bonds is 0. The monoisotopic (exact) mass is 306 g/mol. The van der Waals surface area contributed by atoms with Crippen molar-refractivity contribution in [2.75, 3.05) is 0 Å². The van der Waals surface area contributed by atoms with Gasteiger partial charge in [-0.2, -0.15) is 18.2 Å². The molecule has 0 aliphatic heterocycles. The minimum absolute atomic E-state index is 0. The van der Waals surface area contributed by atoms with E-state index in [2.05, 4.69) is 13.6 Å². The smallest absolute Gasteiger partial charge is 0 e. The van der Waals surface area contributed by atoms with E-state index in [4.69, 9.17) is 9.59 Å². The molecule has 0 bridgehead atoms.